The van der Waals surface area contributed by atoms with Gasteiger partial charge >= 0.3 is 0 Å². The van der Waals surface area contributed by atoms with Gasteiger partial charge in [-0.2, -0.15) is 0 Å². The standard InChI is InChI=1S/C25H33FN2O4/c1-6-21(25(30)27-17(2)3)28(16-19-7-11-20(26)12-8-19)24(29)14-10-18-9-13-22(31-4)23(15-18)32-5/h7-9,11-13,15,17,21H,6,10,14,16H2,1-5H3,(H,27,30)/t21-/m0/s1. The van der Waals surface area contributed by atoms with E-state index in [0.29, 0.717) is 24.3 Å². The molecule has 0 saturated heterocycles. The van der Waals surface area contributed by atoms with Crippen molar-refractivity contribution in [2.24, 2.45) is 0 Å². The van der Waals surface area contributed by atoms with Crippen molar-refractivity contribution in [3.8, 4) is 11.5 Å². The van der Waals surface area contributed by atoms with E-state index in [2.05, 4.69) is 5.32 Å². The van der Waals surface area contributed by atoms with Gasteiger partial charge in [-0.05, 0) is 62.1 Å². The zero-order valence-corrected chi connectivity index (χ0v) is 19.5. The van der Waals surface area contributed by atoms with Crippen molar-refractivity contribution in [1.29, 1.82) is 0 Å². The fraction of sp³-hybridized carbons (Fsp3) is 0.440. The summed E-state index contributed by atoms with van der Waals surface area (Å²) in [5, 5.41) is 2.90. The third-order valence-corrected chi connectivity index (χ3v) is 5.16. The lowest BCUT2D eigenvalue weighted by molar-refractivity contribution is -0.141. The lowest BCUT2D eigenvalue weighted by Crippen LogP contribution is -2.50. The SMILES string of the molecule is CC[C@@H](C(=O)NC(C)C)N(Cc1ccc(F)cc1)C(=O)CCc1ccc(OC)c(OC)c1. The zero-order chi connectivity index (χ0) is 23.7. The Morgan fingerprint density at radius 1 is 1.00 bits per heavy atom. The number of hydrogen-bond acceptors (Lipinski definition) is 4. The number of halogens is 1. The van der Waals surface area contributed by atoms with Crippen molar-refractivity contribution in [3.05, 3.63) is 59.4 Å². The van der Waals surface area contributed by atoms with Gasteiger partial charge in [0.15, 0.2) is 11.5 Å². The summed E-state index contributed by atoms with van der Waals surface area (Å²) >= 11 is 0. The minimum Gasteiger partial charge on any atom is -0.493 e. The molecular weight excluding hydrogens is 411 g/mol. The largest absolute Gasteiger partial charge is 0.493 e. The molecule has 0 unspecified atom stereocenters. The Labute approximate surface area is 189 Å². The third-order valence-electron chi connectivity index (χ3n) is 5.16. The maximum Gasteiger partial charge on any atom is 0.243 e. The Kier molecular flexibility index (Phi) is 9.50. The lowest BCUT2D eigenvalue weighted by Gasteiger charge is -2.31. The van der Waals surface area contributed by atoms with Crippen LogP contribution in [0.25, 0.3) is 0 Å². The molecule has 0 aliphatic heterocycles. The zero-order valence-electron chi connectivity index (χ0n) is 19.5. The van der Waals surface area contributed by atoms with Crippen LogP contribution in [-0.4, -0.2) is 43.0 Å². The normalized spacial score (nSPS) is 11.7. The van der Waals surface area contributed by atoms with Crippen LogP contribution in [0.15, 0.2) is 42.5 Å². The predicted molar refractivity (Wildman–Crippen MR) is 122 cm³/mol. The highest BCUT2D eigenvalue weighted by Crippen LogP contribution is 2.28. The van der Waals surface area contributed by atoms with E-state index in [1.54, 1.807) is 37.3 Å². The number of rotatable bonds is 11. The number of nitrogens with zero attached hydrogens (tertiary/aromatic N) is 1. The van der Waals surface area contributed by atoms with Crippen molar-refractivity contribution in [1.82, 2.24) is 10.2 Å². The molecule has 7 heteroatoms. The van der Waals surface area contributed by atoms with Gasteiger partial charge in [-0.25, -0.2) is 4.39 Å². The summed E-state index contributed by atoms with van der Waals surface area (Å²) in [4.78, 5) is 27.7. The van der Waals surface area contributed by atoms with Gasteiger partial charge < -0.3 is 19.7 Å². The van der Waals surface area contributed by atoms with Gasteiger partial charge in [-0.3, -0.25) is 9.59 Å². The Hall–Kier alpha value is -3.09. The first-order valence-corrected chi connectivity index (χ1v) is 10.8. The molecule has 6 nitrogen and oxygen atoms in total. The van der Waals surface area contributed by atoms with Crippen LogP contribution in [0, 0.1) is 5.82 Å². The average Bonchev–Trinajstić information content (AvgIpc) is 2.77. The molecule has 0 aliphatic rings. The number of ether oxygens (including phenoxy) is 2. The number of aryl methyl sites for hydroxylation is 1. The topological polar surface area (TPSA) is 67.9 Å². The van der Waals surface area contributed by atoms with Gasteiger partial charge in [0.25, 0.3) is 0 Å². The van der Waals surface area contributed by atoms with Crippen LogP contribution in [0.4, 0.5) is 4.39 Å². The van der Waals surface area contributed by atoms with E-state index in [0.717, 1.165) is 11.1 Å². The minimum atomic E-state index is -0.611. The molecule has 32 heavy (non-hydrogen) atoms. The molecule has 0 aromatic heterocycles. The summed E-state index contributed by atoms with van der Waals surface area (Å²) in [6, 6.07) is 10.9. The van der Waals surface area contributed by atoms with Crippen molar-refractivity contribution in [3.63, 3.8) is 0 Å². The molecule has 1 atom stereocenters. The predicted octanol–water partition coefficient (Wildman–Crippen LogP) is 4.11. The van der Waals surface area contributed by atoms with E-state index in [1.807, 2.05) is 32.9 Å². The number of amides is 2. The monoisotopic (exact) mass is 444 g/mol. The average molecular weight is 445 g/mol. The Morgan fingerprint density at radius 2 is 1.62 bits per heavy atom. The van der Waals surface area contributed by atoms with Gasteiger partial charge in [0.05, 0.1) is 14.2 Å². The molecule has 0 saturated carbocycles. The van der Waals surface area contributed by atoms with E-state index in [-0.39, 0.29) is 36.6 Å². The molecule has 2 aromatic rings. The molecule has 0 spiro atoms. The fourth-order valence-electron chi connectivity index (χ4n) is 3.52. The van der Waals surface area contributed by atoms with Gasteiger partial charge in [0.1, 0.15) is 11.9 Å². The van der Waals surface area contributed by atoms with Crippen LogP contribution in [0.1, 0.15) is 44.7 Å². The van der Waals surface area contributed by atoms with Crippen LogP contribution in [-0.2, 0) is 22.6 Å². The Balaban J connectivity index is 2.22. The summed E-state index contributed by atoms with van der Waals surface area (Å²) in [6.45, 7) is 5.88. The number of methoxy groups -OCH3 is 2. The molecule has 2 amide bonds. The van der Waals surface area contributed by atoms with Crippen molar-refractivity contribution >= 4 is 11.8 Å². The second-order valence-electron chi connectivity index (χ2n) is 7.92. The number of carbonyl (C=O) groups is 2. The molecule has 0 aliphatic carbocycles. The Bertz CT molecular complexity index is 899. The van der Waals surface area contributed by atoms with Crippen LogP contribution < -0.4 is 14.8 Å². The molecule has 0 bridgehead atoms. The highest BCUT2D eigenvalue weighted by molar-refractivity contribution is 5.87. The van der Waals surface area contributed by atoms with E-state index in [9.17, 15) is 14.0 Å². The summed E-state index contributed by atoms with van der Waals surface area (Å²) in [5.41, 5.74) is 1.69. The molecular formula is C25H33FN2O4. The summed E-state index contributed by atoms with van der Waals surface area (Å²) < 4.78 is 23.9. The van der Waals surface area contributed by atoms with E-state index in [1.165, 1.54) is 12.1 Å². The smallest absolute Gasteiger partial charge is 0.243 e. The maximum atomic E-state index is 13.3. The summed E-state index contributed by atoms with van der Waals surface area (Å²) in [7, 11) is 3.14. The summed E-state index contributed by atoms with van der Waals surface area (Å²) in [5.74, 6) is 0.545. The Morgan fingerprint density at radius 3 is 2.19 bits per heavy atom. The molecule has 2 rings (SSSR count). The van der Waals surface area contributed by atoms with Gasteiger partial charge in [0.2, 0.25) is 11.8 Å². The van der Waals surface area contributed by atoms with Crippen LogP contribution in [0.3, 0.4) is 0 Å². The van der Waals surface area contributed by atoms with Gasteiger partial charge in [0, 0.05) is 19.0 Å². The second-order valence-corrected chi connectivity index (χ2v) is 7.92. The first kappa shape index (κ1) is 25.2. The molecule has 0 fully saturated rings. The number of nitrogens with one attached hydrogen (secondary N) is 1. The number of benzene rings is 2. The highest BCUT2D eigenvalue weighted by Gasteiger charge is 2.28. The first-order valence-electron chi connectivity index (χ1n) is 10.8. The van der Waals surface area contributed by atoms with Crippen LogP contribution in [0.5, 0.6) is 11.5 Å². The first-order chi connectivity index (χ1) is 15.3. The molecule has 174 valence electrons. The van der Waals surface area contributed by atoms with Gasteiger partial charge in [-0.15, -0.1) is 0 Å². The van der Waals surface area contributed by atoms with Crippen LogP contribution in [0.2, 0.25) is 0 Å². The highest BCUT2D eigenvalue weighted by atomic mass is 19.1. The van der Waals surface area contributed by atoms with E-state index >= 15 is 0 Å². The number of hydrogen-bond donors (Lipinski definition) is 1. The third kappa shape index (κ3) is 6.97. The quantitative estimate of drug-likeness (QED) is 0.566. The maximum absolute atomic E-state index is 13.3. The van der Waals surface area contributed by atoms with Crippen LogP contribution >= 0.6 is 0 Å². The van der Waals surface area contributed by atoms with E-state index in [4.69, 9.17) is 9.47 Å². The molecule has 2 aromatic carbocycles. The number of carbonyl (C=O) groups excluding carboxylic acids is 2. The molecule has 0 heterocycles. The molecule has 1 N–H and O–H groups in total. The second kappa shape index (κ2) is 12.1. The summed E-state index contributed by atoms with van der Waals surface area (Å²) in [6.07, 6.45) is 1.19. The van der Waals surface area contributed by atoms with Crippen molar-refractivity contribution in [2.45, 2.75) is 58.7 Å². The van der Waals surface area contributed by atoms with Crippen molar-refractivity contribution in [2.75, 3.05) is 14.2 Å². The lowest BCUT2D eigenvalue weighted by atomic mass is 10.1. The minimum absolute atomic E-state index is 0.0360. The van der Waals surface area contributed by atoms with Crippen molar-refractivity contribution < 1.29 is 23.5 Å². The van der Waals surface area contributed by atoms with Gasteiger partial charge in [-0.1, -0.05) is 25.1 Å². The molecule has 0 radical (unpaired) electrons. The van der Waals surface area contributed by atoms with E-state index < -0.39 is 6.04 Å². The fourth-order valence-corrected chi connectivity index (χ4v) is 3.52.